The van der Waals surface area contributed by atoms with Gasteiger partial charge in [0.05, 0.1) is 63.3 Å². The highest BCUT2D eigenvalue weighted by Gasteiger charge is 2.57. The fourth-order valence-electron chi connectivity index (χ4n) is 27.4. The predicted octanol–water partition coefficient (Wildman–Crippen LogP) is 19.6. The fraction of sp³-hybridized carbons (Fsp3) is 0.457. The lowest BCUT2D eigenvalue weighted by Gasteiger charge is -2.40. The van der Waals surface area contributed by atoms with E-state index in [4.69, 9.17) is 24.7 Å². The Morgan fingerprint density at radius 3 is 0.966 bits per heavy atom. The molecule has 8 fully saturated rings. The molecule has 8 saturated carbocycles. The predicted molar refractivity (Wildman–Crippen MR) is 347 cm³/mol. The molecule has 0 amide bonds. The molecule has 1 spiro atoms. The van der Waals surface area contributed by atoms with Crippen LogP contribution in [0.25, 0.3) is 87.3 Å². The molecule has 8 aromatic heterocycles. The Hall–Kier alpha value is -7.12. The molecule has 12 aromatic rings. The second kappa shape index (κ2) is 15.0. The minimum atomic E-state index is -0.745. The summed E-state index contributed by atoms with van der Waals surface area (Å²) in [7, 11) is 0. The highest BCUT2D eigenvalue weighted by atomic mass is 16.5. The summed E-state index contributed by atoms with van der Waals surface area (Å²) in [6.07, 6.45) is 36.2. The Bertz CT molecular complexity index is 4950. The van der Waals surface area contributed by atoms with Crippen molar-refractivity contribution in [2.75, 3.05) is 0 Å². The molecule has 4 aromatic carbocycles. The van der Waals surface area contributed by atoms with Gasteiger partial charge in [-0.3, -0.25) is 19.9 Å². The van der Waals surface area contributed by atoms with Gasteiger partial charge in [-0.2, -0.15) is 0 Å². The average molecular weight is 1140 g/mol. The number of aromatic nitrogens is 6. The van der Waals surface area contributed by atoms with Crippen LogP contribution < -0.4 is 4.74 Å². The van der Waals surface area contributed by atoms with Gasteiger partial charge < -0.3 is 13.5 Å². The summed E-state index contributed by atoms with van der Waals surface area (Å²) < 4.78 is 13.0. The molecular formula is C81H70N6O. The lowest BCUT2D eigenvalue weighted by atomic mass is 9.64. The normalized spacial score (nSPS) is 34.5. The van der Waals surface area contributed by atoms with Gasteiger partial charge in [-0.25, -0.2) is 0 Å². The molecule has 88 heavy (non-hydrogen) atoms. The van der Waals surface area contributed by atoms with Crippen LogP contribution in [0.4, 0.5) is 0 Å². The Labute approximate surface area is 510 Å². The molecule has 1 aliphatic heterocycles. The van der Waals surface area contributed by atoms with Crippen molar-refractivity contribution in [2.45, 2.75) is 181 Å². The number of rotatable bonds is 0. The number of hydrogen-bond donors (Lipinski definition) is 0. The van der Waals surface area contributed by atoms with Crippen molar-refractivity contribution >= 4 is 76.2 Å². The van der Waals surface area contributed by atoms with Crippen molar-refractivity contribution in [1.82, 2.24) is 28.7 Å². The van der Waals surface area contributed by atoms with E-state index < -0.39 is 5.41 Å². The van der Waals surface area contributed by atoms with Gasteiger partial charge in [0.15, 0.2) is 0 Å². The van der Waals surface area contributed by atoms with Crippen molar-refractivity contribution in [2.24, 2.45) is 47.3 Å². The second-order valence-corrected chi connectivity index (χ2v) is 33.1. The van der Waals surface area contributed by atoms with E-state index in [1.165, 1.54) is 261 Å². The summed E-state index contributed by atoms with van der Waals surface area (Å²) in [5.74, 6) is 12.6. The van der Waals surface area contributed by atoms with Crippen LogP contribution >= 0.6 is 0 Å². The first kappa shape index (κ1) is 46.0. The van der Waals surface area contributed by atoms with E-state index >= 15 is 0 Å². The number of ether oxygens (including phenoxy) is 1. The Morgan fingerprint density at radius 2 is 0.625 bits per heavy atom. The summed E-state index contributed by atoms with van der Waals surface area (Å²) in [6, 6.07) is 24.6. The molecule has 18 aliphatic rings. The first-order chi connectivity index (χ1) is 43.5. The van der Waals surface area contributed by atoms with Crippen molar-refractivity contribution in [1.29, 1.82) is 0 Å². The summed E-state index contributed by atoms with van der Waals surface area (Å²) >= 11 is 0. The fourth-order valence-corrected chi connectivity index (χ4v) is 27.4. The maximum Gasteiger partial charge on any atom is 0.132 e. The number of benzene rings is 4. The number of hydrogen-bond acceptors (Lipinski definition) is 5. The minimum Gasteiger partial charge on any atom is -0.457 e. The van der Waals surface area contributed by atoms with Crippen LogP contribution in [0.15, 0.2) is 85.5 Å². The van der Waals surface area contributed by atoms with Gasteiger partial charge in [0.25, 0.3) is 0 Å². The molecule has 16 bridgehead atoms. The maximum atomic E-state index is 7.44. The van der Waals surface area contributed by atoms with Crippen LogP contribution in [0.1, 0.15) is 243 Å². The summed E-state index contributed by atoms with van der Waals surface area (Å²) in [6.45, 7) is 0. The molecule has 0 radical (unpaired) electrons. The standard InChI is InChI=1S/C81H70N6O/c1-3-7-61-55(5-1)81(56-6-2-4-8-62(56)88-61)73-51(29-53-67-57(31-82-75-47-21-35-9-36(22-47)14-43(13-35)63(67)75)86-59-33-84-77-49-25-39-11-40(26-49)18-45(17-39)65(77)69(59)71(73)79(53)86)52-30-54-68-58(32-83-76-48-23-37-10-38(24-48)16-44(15-37)64(68)76)87-60-34-85-78-50-27-41-12-42(28-50)20-46(19-41)66(78)70(60)72(74(52)81)80(54)87/h1-8,29-50H,9-28H2. The van der Waals surface area contributed by atoms with Crippen LogP contribution in [0.2, 0.25) is 0 Å². The van der Waals surface area contributed by atoms with Gasteiger partial charge in [0.1, 0.15) is 11.5 Å². The van der Waals surface area contributed by atoms with Gasteiger partial charge in [-0.1, -0.05) is 36.4 Å². The summed E-state index contributed by atoms with van der Waals surface area (Å²) in [4.78, 5) is 23.4. The van der Waals surface area contributed by atoms with Gasteiger partial charge in [0.2, 0.25) is 0 Å². The van der Waals surface area contributed by atoms with Crippen molar-refractivity contribution in [3.05, 3.63) is 153 Å². The zero-order chi connectivity index (χ0) is 55.8. The van der Waals surface area contributed by atoms with Crippen molar-refractivity contribution in [3.8, 4) is 22.6 Å². The van der Waals surface area contributed by atoms with Crippen LogP contribution in [0, 0.1) is 47.3 Å². The molecule has 8 unspecified atom stereocenters. The number of fused-ring (bicyclic) bond motifs is 23. The number of para-hydroxylation sites is 2. The number of nitrogens with zero attached hydrogens (tertiary/aromatic N) is 6. The quantitative estimate of drug-likeness (QED) is 0.151. The molecule has 0 saturated heterocycles. The molecule has 17 aliphatic carbocycles. The first-order valence-corrected chi connectivity index (χ1v) is 35.5. The lowest BCUT2D eigenvalue weighted by Crippen LogP contribution is -2.32. The van der Waals surface area contributed by atoms with E-state index in [2.05, 4.69) is 94.3 Å². The van der Waals surface area contributed by atoms with E-state index in [0.29, 0.717) is 47.3 Å². The van der Waals surface area contributed by atoms with Crippen molar-refractivity contribution < 1.29 is 4.74 Å². The van der Waals surface area contributed by atoms with Crippen LogP contribution in [-0.4, -0.2) is 28.7 Å². The van der Waals surface area contributed by atoms with E-state index in [0.717, 1.165) is 58.8 Å². The second-order valence-electron chi connectivity index (χ2n) is 33.1. The summed E-state index contributed by atoms with van der Waals surface area (Å²) in [5, 5.41) is 12.1. The third-order valence-corrected chi connectivity index (χ3v) is 29.1. The van der Waals surface area contributed by atoms with Gasteiger partial charge in [-0.15, -0.1) is 0 Å². The molecular weight excluding hydrogens is 1070 g/mol. The topological polar surface area (TPSA) is 69.6 Å². The third kappa shape index (κ3) is 5.08. The molecule has 430 valence electrons. The molecule has 30 rings (SSSR count). The molecule has 0 N–H and O–H groups in total. The van der Waals surface area contributed by atoms with E-state index in [-0.39, 0.29) is 0 Å². The van der Waals surface area contributed by atoms with Gasteiger partial charge in [-0.05, 0) is 268 Å². The SMILES string of the molecule is c1ccc2c(c1)Oc1ccccc1C21c2c(cc3c4c5c(ncc4n4c6cnc7c(c6c2c34)C2CC3CC(CC7C3)C2)C2CC3CC(C2)CC5C3)-c2cc3c4c5c(ncc4n4c6cnc7c(c6c(c21)c34)C1CC2CC(CC7C2)C1)C1CC2CC(C1)CC5C2. The lowest BCUT2D eigenvalue weighted by molar-refractivity contribution is 0.165. The van der Waals surface area contributed by atoms with Crippen LogP contribution in [0.5, 0.6) is 11.5 Å². The minimum absolute atomic E-state index is 0.506. The van der Waals surface area contributed by atoms with Crippen LogP contribution in [-0.2, 0) is 5.41 Å². The highest BCUT2D eigenvalue weighted by molar-refractivity contribution is 6.32. The zero-order valence-corrected chi connectivity index (χ0v) is 50.1. The third-order valence-electron chi connectivity index (χ3n) is 29.1. The molecule has 9 heterocycles. The molecule has 8 atom stereocenters. The van der Waals surface area contributed by atoms with Gasteiger partial charge >= 0.3 is 0 Å². The van der Waals surface area contributed by atoms with Gasteiger partial charge in [0, 0.05) is 101 Å². The average Bonchev–Trinajstić information content (AvgIpc) is 1.62. The van der Waals surface area contributed by atoms with Crippen LogP contribution in [0.3, 0.4) is 0 Å². The largest absolute Gasteiger partial charge is 0.457 e. The van der Waals surface area contributed by atoms with E-state index in [9.17, 15) is 0 Å². The Kier molecular flexibility index (Phi) is 7.86. The molecule has 7 nitrogen and oxygen atoms in total. The first-order valence-electron chi connectivity index (χ1n) is 35.5. The smallest absolute Gasteiger partial charge is 0.132 e. The summed E-state index contributed by atoms with van der Waals surface area (Å²) in [5.41, 5.74) is 28.2. The van der Waals surface area contributed by atoms with E-state index in [1.54, 1.807) is 22.3 Å². The molecule has 7 heteroatoms. The Morgan fingerprint density at radius 1 is 0.330 bits per heavy atom. The van der Waals surface area contributed by atoms with Crippen molar-refractivity contribution in [3.63, 3.8) is 0 Å². The van der Waals surface area contributed by atoms with E-state index in [1.807, 2.05) is 0 Å². The Balaban J connectivity index is 0.922. The maximum absolute atomic E-state index is 7.44. The monoisotopic (exact) mass is 1140 g/mol. The number of pyridine rings is 4. The highest BCUT2D eigenvalue weighted by Crippen LogP contribution is 2.71. The zero-order valence-electron chi connectivity index (χ0n) is 50.1.